The van der Waals surface area contributed by atoms with E-state index in [4.69, 9.17) is 0 Å². The van der Waals surface area contributed by atoms with Crippen molar-refractivity contribution in [1.29, 1.82) is 0 Å². The molecule has 0 aliphatic rings. The third-order valence-corrected chi connectivity index (χ3v) is 3.37. The maximum absolute atomic E-state index is 11.8. The minimum atomic E-state index is -0.172. The molecule has 1 atom stereocenters. The van der Waals surface area contributed by atoms with Crippen molar-refractivity contribution in [2.75, 3.05) is 20.1 Å². The first-order valence-electron chi connectivity index (χ1n) is 6.50. The summed E-state index contributed by atoms with van der Waals surface area (Å²) in [6, 6.07) is 7.31. The molecule has 0 saturated carbocycles. The molecule has 0 aliphatic heterocycles. The zero-order valence-electron chi connectivity index (χ0n) is 12.1. The lowest BCUT2D eigenvalue weighted by molar-refractivity contribution is -0.121. The van der Waals surface area contributed by atoms with Gasteiger partial charge < -0.3 is 16.0 Å². The lowest BCUT2D eigenvalue weighted by Crippen LogP contribution is -2.38. The molecule has 0 aliphatic carbocycles. The summed E-state index contributed by atoms with van der Waals surface area (Å²) in [5.74, 6) is -0.239. The second-order valence-electron chi connectivity index (χ2n) is 4.51. The zero-order valence-corrected chi connectivity index (χ0v) is 14.5. The normalized spacial score (nSPS) is 11.2. The molecule has 0 fully saturated rings. The van der Waals surface area contributed by atoms with Crippen molar-refractivity contribution < 1.29 is 9.59 Å². The van der Waals surface area contributed by atoms with Gasteiger partial charge in [0, 0.05) is 35.6 Å². The number of hydrogen-bond acceptors (Lipinski definition) is 3. The predicted octanol–water partition coefficient (Wildman–Crippen LogP) is 1.71. The highest BCUT2D eigenvalue weighted by atomic mass is 79.9. The topological polar surface area (TPSA) is 70.2 Å². The fraction of sp³-hybridized carbons (Fsp3) is 0.429. The number of carbonyl (C=O) groups is 2. The second-order valence-corrected chi connectivity index (χ2v) is 5.42. The van der Waals surface area contributed by atoms with E-state index in [0.717, 1.165) is 4.47 Å². The molecule has 1 unspecified atom stereocenters. The number of hydrogen-bond donors (Lipinski definition) is 3. The Bertz CT molecular complexity index is 454. The van der Waals surface area contributed by atoms with Crippen LogP contribution in [-0.4, -0.2) is 38.0 Å². The first kappa shape index (κ1) is 19.9. The number of rotatable bonds is 7. The van der Waals surface area contributed by atoms with Crippen molar-refractivity contribution in [1.82, 2.24) is 16.0 Å². The number of likely N-dealkylation sites (N-methyl/N-ethyl adjacent to an activating group) is 1. The summed E-state index contributed by atoms with van der Waals surface area (Å²) in [7, 11) is 1.84. The molecule has 21 heavy (non-hydrogen) atoms. The molecule has 0 saturated heterocycles. The number of halogens is 2. The van der Waals surface area contributed by atoms with Crippen LogP contribution in [0.4, 0.5) is 0 Å². The van der Waals surface area contributed by atoms with Gasteiger partial charge in [-0.05, 0) is 38.2 Å². The van der Waals surface area contributed by atoms with Crippen molar-refractivity contribution in [3.63, 3.8) is 0 Å². The average Bonchev–Trinajstić information content (AvgIpc) is 2.45. The van der Waals surface area contributed by atoms with E-state index in [9.17, 15) is 9.59 Å². The molecule has 0 spiro atoms. The Kier molecular flexibility index (Phi) is 10.0. The third-order valence-electron chi connectivity index (χ3n) is 2.84. The van der Waals surface area contributed by atoms with E-state index >= 15 is 0 Å². The summed E-state index contributed by atoms with van der Waals surface area (Å²) in [6.07, 6.45) is 0.276. The molecule has 2 amide bonds. The fourth-order valence-corrected chi connectivity index (χ4v) is 1.71. The third kappa shape index (κ3) is 8.04. The average molecular weight is 379 g/mol. The van der Waals surface area contributed by atoms with E-state index in [1.807, 2.05) is 14.0 Å². The van der Waals surface area contributed by atoms with Crippen LogP contribution in [-0.2, 0) is 4.79 Å². The molecule has 1 rings (SSSR count). The van der Waals surface area contributed by atoms with Gasteiger partial charge >= 0.3 is 0 Å². The molecular formula is C14H21BrClN3O2. The predicted molar refractivity (Wildman–Crippen MR) is 89.9 cm³/mol. The molecule has 0 bridgehead atoms. The van der Waals surface area contributed by atoms with Crippen LogP contribution in [0, 0.1) is 0 Å². The van der Waals surface area contributed by atoms with Crippen LogP contribution in [0.2, 0.25) is 0 Å². The minimum Gasteiger partial charge on any atom is -0.354 e. The highest BCUT2D eigenvalue weighted by molar-refractivity contribution is 9.10. The first-order valence-corrected chi connectivity index (χ1v) is 7.30. The van der Waals surface area contributed by atoms with Gasteiger partial charge in [0.25, 0.3) is 5.91 Å². The van der Waals surface area contributed by atoms with Gasteiger partial charge in [0.2, 0.25) is 5.91 Å². The largest absolute Gasteiger partial charge is 0.354 e. The fourth-order valence-electron chi connectivity index (χ4n) is 1.45. The van der Waals surface area contributed by atoms with Crippen LogP contribution in [0.25, 0.3) is 0 Å². The van der Waals surface area contributed by atoms with Crippen LogP contribution in [0.15, 0.2) is 28.7 Å². The lowest BCUT2D eigenvalue weighted by Gasteiger charge is -2.11. The Morgan fingerprint density at radius 3 is 2.38 bits per heavy atom. The maximum Gasteiger partial charge on any atom is 0.251 e. The number of amides is 2. The Morgan fingerprint density at radius 2 is 1.81 bits per heavy atom. The van der Waals surface area contributed by atoms with E-state index in [0.29, 0.717) is 18.7 Å². The molecule has 7 heteroatoms. The Balaban J connectivity index is 0.00000400. The zero-order chi connectivity index (χ0) is 15.0. The molecule has 118 valence electrons. The van der Waals surface area contributed by atoms with Crippen molar-refractivity contribution >= 4 is 40.2 Å². The Hall–Kier alpha value is -1.11. The minimum absolute atomic E-state index is 0. The van der Waals surface area contributed by atoms with Gasteiger partial charge in [-0.15, -0.1) is 12.4 Å². The Morgan fingerprint density at radius 1 is 1.19 bits per heavy atom. The highest BCUT2D eigenvalue weighted by Gasteiger charge is 2.07. The SMILES string of the molecule is CNC(C)CNC(=O)CCNC(=O)c1ccc(Br)cc1.Cl. The van der Waals surface area contributed by atoms with E-state index in [2.05, 4.69) is 31.9 Å². The van der Waals surface area contributed by atoms with E-state index in [1.165, 1.54) is 0 Å². The quantitative estimate of drug-likeness (QED) is 0.676. The van der Waals surface area contributed by atoms with Crippen molar-refractivity contribution in [3.05, 3.63) is 34.3 Å². The van der Waals surface area contributed by atoms with Crippen LogP contribution in [0.3, 0.4) is 0 Å². The van der Waals surface area contributed by atoms with Crippen molar-refractivity contribution in [3.8, 4) is 0 Å². The van der Waals surface area contributed by atoms with Crippen LogP contribution >= 0.6 is 28.3 Å². The maximum atomic E-state index is 11.8. The van der Waals surface area contributed by atoms with Gasteiger partial charge in [-0.25, -0.2) is 0 Å². The molecule has 1 aromatic rings. The van der Waals surface area contributed by atoms with Gasteiger partial charge in [-0.3, -0.25) is 9.59 Å². The summed E-state index contributed by atoms with van der Waals surface area (Å²) in [6.45, 7) is 2.89. The van der Waals surface area contributed by atoms with Crippen LogP contribution < -0.4 is 16.0 Å². The van der Waals surface area contributed by atoms with Gasteiger partial charge in [0.1, 0.15) is 0 Å². The van der Waals surface area contributed by atoms with Gasteiger partial charge in [-0.2, -0.15) is 0 Å². The molecule has 1 aromatic carbocycles. The van der Waals surface area contributed by atoms with Crippen molar-refractivity contribution in [2.24, 2.45) is 0 Å². The van der Waals surface area contributed by atoms with Crippen LogP contribution in [0.1, 0.15) is 23.7 Å². The Labute approximate surface area is 139 Å². The number of carbonyl (C=O) groups excluding carboxylic acids is 2. The summed E-state index contributed by atoms with van der Waals surface area (Å²) in [5.41, 5.74) is 0.581. The monoisotopic (exact) mass is 377 g/mol. The highest BCUT2D eigenvalue weighted by Crippen LogP contribution is 2.10. The lowest BCUT2D eigenvalue weighted by atomic mass is 10.2. The van der Waals surface area contributed by atoms with E-state index in [-0.39, 0.29) is 36.7 Å². The molecule has 5 nitrogen and oxygen atoms in total. The number of benzene rings is 1. The van der Waals surface area contributed by atoms with Gasteiger partial charge in [0.05, 0.1) is 0 Å². The summed E-state index contributed by atoms with van der Waals surface area (Å²) < 4.78 is 0.923. The van der Waals surface area contributed by atoms with E-state index < -0.39 is 0 Å². The first-order chi connectivity index (χ1) is 9.52. The summed E-state index contributed by atoms with van der Waals surface area (Å²) in [4.78, 5) is 23.3. The molecular weight excluding hydrogens is 358 g/mol. The molecule has 3 N–H and O–H groups in total. The summed E-state index contributed by atoms with van der Waals surface area (Å²) >= 11 is 3.31. The van der Waals surface area contributed by atoms with Gasteiger partial charge in [0.15, 0.2) is 0 Å². The molecule has 0 radical (unpaired) electrons. The van der Waals surface area contributed by atoms with Crippen molar-refractivity contribution in [2.45, 2.75) is 19.4 Å². The van der Waals surface area contributed by atoms with Crippen LogP contribution in [0.5, 0.6) is 0 Å². The number of nitrogens with one attached hydrogen (secondary N) is 3. The standard InChI is InChI=1S/C14H20BrN3O2.ClH/c1-10(16-2)9-18-13(19)7-8-17-14(20)11-3-5-12(15)6-4-11;/h3-6,10,16H,7-9H2,1-2H3,(H,17,20)(H,18,19);1H. The summed E-state index contributed by atoms with van der Waals surface area (Å²) in [5, 5.41) is 8.55. The molecule has 0 aromatic heterocycles. The van der Waals surface area contributed by atoms with E-state index in [1.54, 1.807) is 24.3 Å². The molecule has 0 heterocycles. The second kappa shape index (κ2) is 10.6. The smallest absolute Gasteiger partial charge is 0.251 e. The van der Waals surface area contributed by atoms with Gasteiger partial charge in [-0.1, -0.05) is 15.9 Å².